The Kier molecular flexibility index (Phi) is 2.84. The Morgan fingerprint density at radius 2 is 1.80 bits per heavy atom. The number of aromatic nitrogens is 2. The first-order chi connectivity index (χ1) is 9.54. The normalized spacial score (nSPS) is 10.8. The van der Waals surface area contributed by atoms with Crippen LogP contribution in [0.3, 0.4) is 0 Å². The quantitative estimate of drug-likeness (QED) is 0.499. The number of aromatic amines is 2. The maximum Gasteiger partial charge on any atom is 0.323 e. The van der Waals surface area contributed by atoms with Crippen LogP contribution in [0.2, 0.25) is 5.02 Å². The number of carbonyl (C=O) groups excluding carboxylic acids is 1. The summed E-state index contributed by atoms with van der Waals surface area (Å²) in [5, 5.41) is 0.476. The van der Waals surface area contributed by atoms with Crippen LogP contribution in [0.25, 0.3) is 11.0 Å². The first-order valence-electron chi connectivity index (χ1n) is 5.86. The van der Waals surface area contributed by atoms with E-state index in [0.29, 0.717) is 32.9 Å². The second-order valence-corrected chi connectivity index (χ2v) is 4.84. The smallest absolute Gasteiger partial charge is 0.323 e. The van der Waals surface area contributed by atoms with E-state index in [0.717, 1.165) is 0 Å². The fourth-order valence-corrected chi connectivity index (χ4v) is 2.25. The van der Waals surface area contributed by atoms with Gasteiger partial charge in [0.15, 0.2) is 5.78 Å². The summed E-state index contributed by atoms with van der Waals surface area (Å²) in [4.78, 5) is 28.8. The Morgan fingerprint density at radius 1 is 1.05 bits per heavy atom. The number of benzene rings is 2. The van der Waals surface area contributed by atoms with E-state index < -0.39 is 0 Å². The van der Waals surface area contributed by atoms with Gasteiger partial charge in [0, 0.05) is 21.8 Å². The van der Waals surface area contributed by atoms with E-state index in [2.05, 4.69) is 9.97 Å². The number of nitrogens with two attached hydrogens (primary N) is 1. The Morgan fingerprint density at radius 3 is 2.55 bits per heavy atom. The van der Waals surface area contributed by atoms with E-state index in [1.165, 1.54) is 6.07 Å². The number of nitrogens with one attached hydrogen (secondary N) is 2. The van der Waals surface area contributed by atoms with Gasteiger partial charge in [0.2, 0.25) is 0 Å². The van der Waals surface area contributed by atoms with Gasteiger partial charge < -0.3 is 15.7 Å². The first kappa shape index (κ1) is 12.5. The summed E-state index contributed by atoms with van der Waals surface area (Å²) in [6, 6.07) is 9.66. The topological polar surface area (TPSA) is 91.7 Å². The molecule has 0 spiro atoms. The molecule has 0 amide bonds. The molecular weight excluding hydrogens is 278 g/mol. The van der Waals surface area contributed by atoms with Gasteiger partial charge in [0.05, 0.1) is 11.0 Å². The fraction of sp³-hybridized carbons (Fsp3) is 0. The first-order valence-corrected chi connectivity index (χ1v) is 6.24. The summed E-state index contributed by atoms with van der Waals surface area (Å²) in [7, 11) is 0. The molecule has 4 N–H and O–H groups in total. The molecule has 2 aromatic carbocycles. The Balaban J connectivity index is 2.09. The number of halogens is 1. The van der Waals surface area contributed by atoms with Crippen LogP contribution >= 0.6 is 11.6 Å². The van der Waals surface area contributed by atoms with E-state index in [4.69, 9.17) is 17.3 Å². The number of anilines is 1. The van der Waals surface area contributed by atoms with Gasteiger partial charge in [-0.1, -0.05) is 11.6 Å². The largest absolute Gasteiger partial charge is 0.398 e. The summed E-state index contributed by atoms with van der Waals surface area (Å²) in [6.45, 7) is 0. The van der Waals surface area contributed by atoms with Gasteiger partial charge in [0.1, 0.15) is 0 Å². The van der Waals surface area contributed by atoms with Crippen molar-refractivity contribution in [1.29, 1.82) is 0 Å². The van der Waals surface area contributed by atoms with Crippen molar-refractivity contribution in [1.82, 2.24) is 9.97 Å². The maximum atomic E-state index is 12.4. The van der Waals surface area contributed by atoms with Gasteiger partial charge in [-0.2, -0.15) is 0 Å². The predicted molar refractivity (Wildman–Crippen MR) is 78.2 cm³/mol. The van der Waals surface area contributed by atoms with Gasteiger partial charge in [-0.05, 0) is 36.4 Å². The fourth-order valence-electron chi connectivity index (χ4n) is 2.07. The van der Waals surface area contributed by atoms with Crippen molar-refractivity contribution in [2.45, 2.75) is 0 Å². The summed E-state index contributed by atoms with van der Waals surface area (Å²) in [5.74, 6) is -0.219. The molecule has 0 aliphatic heterocycles. The molecule has 3 aromatic rings. The molecule has 6 heteroatoms. The third-order valence-electron chi connectivity index (χ3n) is 3.04. The lowest BCUT2D eigenvalue weighted by molar-refractivity contribution is 0.103. The van der Waals surface area contributed by atoms with Gasteiger partial charge in [0.25, 0.3) is 0 Å². The Labute approximate surface area is 118 Å². The number of ketones is 1. The van der Waals surface area contributed by atoms with Crippen LogP contribution < -0.4 is 11.4 Å². The van der Waals surface area contributed by atoms with Crippen LogP contribution in [-0.2, 0) is 0 Å². The zero-order valence-electron chi connectivity index (χ0n) is 10.2. The van der Waals surface area contributed by atoms with Crippen molar-refractivity contribution < 1.29 is 4.79 Å². The SMILES string of the molecule is Nc1cc(Cl)ccc1C(=O)c1ccc2[nH]c(=O)[nH]c2c1. The lowest BCUT2D eigenvalue weighted by Gasteiger charge is -2.05. The van der Waals surface area contributed by atoms with Crippen molar-refractivity contribution in [3.63, 3.8) is 0 Å². The number of rotatable bonds is 2. The summed E-state index contributed by atoms with van der Waals surface area (Å²) >= 11 is 5.81. The minimum Gasteiger partial charge on any atom is -0.398 e. The van der Waals surface area contributed by atoms with Gasteiger partial charge in [-0.3, -0.25) is 4.79 Å². The average molecular weight is 288 g/mol. The van der Waals surface area contributed by atoms with Gasteiger partial charge in [-0.25, -0.2) is 4.79 Å². The standard InChI is InChI=1S/C14H10ClN3O2/c15-8-2-3-9(10(16)6-8)13(19)7-1-4-11-12(5-7)18-14(20)17-11/h1-6H,16H2,(H2,17,18,20). The van der Waals surface area contributed by atoms with Crippen molar-refractivity contribution in [3.05, 3.63) is 63.0 Å². The maximum absolute atomic E-state index is 12.4. The molecule has 0 radical (unpaired) electrons. The van der Waals surface area contributed by atoms with Crippen LogP contribution in [0.5, 0.6) is 0 Å². The lowest BCUT2D eigenvalue weighted by Crippen LogP contribution is -2.05. The average Bonchev–Trinajstić information content (AvgIpc) is 2.77. The monoisotopic (exact) mass is 287 g/mol. The number of hydrogen-bond donors (Lipinski definition) is 3. The van der Waals surface area contributed by atoms with Crippen LogP contribution in [0.4, 0.5) is 5.69 Å². The molecule has 20 heavy (non-hydrogen) atoms. The van der Waals surface area contributed by atoms with Crippen molar-refractivity contribution in [2.24, 2.45) is 0 Å². The zero-order valence-corrected chi connectivity index (χ0v) is 11.0. The molecule has 0 unspecified atom stereocenters. The Hall–Kier alpha value is -2.53. The number of fused-ring (bicyclic) bond motifs is 1. The highest BCUT2D eigenvalue weighted by atomic mass is 35.5. The highest BCUT2D eigenvalue weighted by molar-refractivity contribution is 6.31. The van der Waals surface area contributed by atoms with Gasteiger partial charge in [-0.15, -0.1) is 0 Å². The predicted octanol–water partition coefficient (Wildman–Crippen LogP) is 2.32. The summed E-state index contributed by atoms with van der Waals surface area (Å²) in [5.41, 5.74) is 7.87. The second-order valence-electron chi connectivity index (χ2n) is 4.40. The molecule has 0 aliphatic carbocycles. The van der Waals surface area contributed by atoms with Crippen LogP contribution in [0, 0.1) is 0 Å². The molecule has 3 rings (SSSR count). The third-order valence-corrected chi connectivity index (χ3v) is 3.27. The molecular formula is C14H10ClN3O2. The van der Waals surface area contributed by atoms with Gasteiger partial charge >= 0.3 is 5.69 Å². The van der Waals surface area contributed by atoms with E-state index in [9.17, 15) is 9.59 Å². The molecule has 1 aromatic heterocycles. The number of carbonyl (C=O) groups is 1. The van der Waals surface area contributed by atoms with Crippen LogP contribution in [0.15, 0.2) is 41.2 Å². The molecule has 0 bridgehead atoms. The highest BCUT2D eigenvalue weighted by Gasteiger charge is 2.13. The minimum absolute atomic E-state index is 0.219. The molecule has 0 saturated carbocycles. The summed E-state index contributed by atoms with van der Waals surface area (Å²) < 4.78 is 0. The molecule has 0 fully saturated rings. The van der Waals surface area contributed by atoms with E-state index >= 15 is 0 Å². The van der Waals surface area contributed by atoms with Crippen LogP contribution in [-0.4, -0.2) is 15.8 Å². The zero-order chi connectivity index (χ0) is 14.3. The van der Waals surface area contributed by atoms with Crippen molar-refractivity contribution in [2.75, 3.05) is 5.73 Å². The third kappa shape index (κ3) is 2.08. The molecule has 0 atom stereocenters. The molecule has 100 valence electrons. The van der Waals surface area contributed by atoms with Crippen molar-refractivity contribution in [3.8, 4) is 0 Å². The highest BCUT2D eigenvalue weighted by Crippen LogP contribution is 2.22. The lowest BCUT2D eigenvalue weighted by atomic mass is 10.0. The number of H-pyrrole nitrogens is 2. The minimum atomic E-state index is -0.310. The second kappa shape index (κ2) is 4.54. The molecule has 1 heterocycles. The molecule has 0 saturated heterocycles. The number of nitrogen functional groups attached to an aromatic ring is 1. The van der Waals surface area contributed by atoms with E-state index in [1.807, 2.05) is 0 Å². The summed E-state index contributed by atoms with van der Waals surface area (Å²) in [6.07, 6.45) is 0. The van der Waals surface area contributed by atoms with Crippen LogP contribution in [0.1, 0.15) is 15.9 Å². The van der Waals surface area contributed by atoms with E-state index in [1.54, 1.807) is 30.3 Å². The Bertz CT molecular complexity index is 880. The van der Waals surface area contributed by atoms with E-state index in [-0.39, 0.29) is 11.5 Å². The van der Waals surface area contributed by atoms with Crippen molar-refractivity contribution >= 4 is 34.1 Å². The molecule has 0 aliphatic rings. The number of hydrogen-bond acceptors (Lipinski definition) is 3. The number of imidazole rings is 1. The molecule has 5 nitrogen and oxygen atoms in total.